The summed E-state index contributed by atoms with van der Waals surface area (Å²) < 4.78 is 54.9. The highest BCUT2D eigenvalue weighted by molar-refractivity contribution is 7.68. The van der Waals surface area contributed by atoms with Gasteiger partial charge in [0.05, 0.1) is 19.6 Å². The van der Waals surface area contributed by atoms with Crippen molar-refractivity contribution in [2.45, 2.75) is 39.0 Å². The first-order chi connectivity index (χ1) is 12.4. The van der Waals surface area contributed by atoms with Gasteiger partial charge in [0.25, 0.3) is 0 Å². The summed E-state index contributed by atoms with van der Waals surface area (Å²) in [6.07, 6.45) is -0.0393. The third-order valence-corrected chi connectivity index (χ3v) is 9.20. The van der Waals surface area contributed by atoms with Crippen LogP contribution < -0.4 is 0 Å². The Morgan fingerprint density at radius 1 is 1.19 bits per heavy atom. The Hall–Kier alpha value is -0.840. The van der Waals surface area contributed by atoms with Crippen molar-refractivity contribution in [2.75, 3.05) is 26.2 Å². The second kappa shape index (κ2) is 11.8. The molecule has 9 heteroatoms. The molecule has 26 heavy (non-hydrogen) atoms. The van der Waals surface area contributed by atoms with E-state index in [1.807, 2.05) is 0 Å². The van der Waals surface area contributed by atoms with Crippen LogP contribution in [0.5, 0.6) is 0 Å². The highest BCUT2D eigenvalue weighted by Gasteiger charge is 2.39. The van der Waals surface area contributed by atoms with Gasteiger partial charge in [0.1, 0.15) is 19.0 Å². The van der Waals surface area contributed by atoms with Crippen LogP contribution in [0.15, 0.2) is 24.3 Å². The number of benzene rings is 1. The molecule has 2 atom stereocenters. The summed E-state index contributed by atoms with van der Waals surface area (Å²) in [6, 6.07) is 5.35. The summed E-state index contributed by atoms with van der Waals surface area (Å²) >= 11 is 0. The van der Waals surface area contributed by atoms with Gasteiger partial charge in [-0.3, -0.25) is 9.36 Å². The van der Waals surface area contributed by atoms with E-state index in [1.54, 1.807) is 20.8 Å². The quantitative estimate of drug-likeness (QED) is 0.340. The summed E-state index contributed by atoms with van der Waals surface area (Å²) in [5.74, 6) is -0.827. The van der Waals surface area contributed by atoms with Gasteiger partial charge in [-0.1, -0.05) is 12.1 Å². The molecule has 0 amide bonds. The van der Waals surface area contributed by atoms with Crippen LogP contribution in [0.2, 0.25) is 0 Å². The zero-order valence-corrected chi connectivity index (χ0v) is 17.3. The van der Waals surface area contributed by atoms with Gasteiger partial charge in [-0.15, -0.1) is 0 Å². The fourth-order valence-electron chi connectivity index (χ4n) is 2.45. The lowest BCUT2D eigenvalue weighted by Crippen LogP contribution is -2.14. The molecule has 1 rings (SSSR count). The molecule has 2 unspecified atom stereocenters. The second-order valence-electron chi connectivity index (χ2n) is 5.47. The van der Waals surface area contributed by atoms with Crippen molar-refractivity contribution in [3.63, 3.8) is 0 Å². The lowest BCUT2D eigenvalue weighted by Gasteiger charge is -2.25. The van der Waals surface area contributed by atoms with Crippen molar-refractivity contribution in [3.05, 3.63) is 35.6 Å². The first kappa shape index (κ1) is 23.2. The number of rotatable bonds is 13. The molecule has 148 valence electrons. The van der Waals surface area contributed by atoms with Crippen LogP contribution in [0.3, 0.4) is 0 Å². The maximum Gasteiger partial charge on any atom is 0.340 e. The highest BCUT2D eigenvalue weighted by atomic mass is 31.2. The standard InChI is InChI=1S/C17H27FO6P2/c1-4-22-13-25(20)17(26(21,23-5-2)24-6-3)11-10-16(19)14-8-7-9-15(18)12-14/h7-9,12,17,25H,4-6,10-11,13H2,1-3H3. The van der Waals surface area contributed by atoms with Crippen LogP contribution in [0.4, 0.5) is 4.39 Å². The molecule has 0 aromatic heterocycles. The van der Waals surface area contributed by atoms with E-state index in [2.05, 4.69) is 0 Å². The molecule has 0 fully saturated rings. The number of Topliss-reactive ketones (excluding diaryl/α,β-unsaturated/α-hetero) is 1. The molecule has 0 spiro atoms. The highest BCUT2D eigenvalue weighted by Crippen LogP contribution is 2.62. The minimum atomic E-state index is -3.66. The zero-order valence-electron chi connectivity index (χ0n) is 15.4. The van der Waals surface area contributed by atoms with Crippen LogP contribution in [0.1, 0.15) is 44.0 Å². The van der Waals surface area contributed by atoms with Crippen molar-refractivity contribution in [1.82, 2.24) is 0 Å². The minimum Gasteiger partial charge on any atom is -0.374 e. The molecule has 0 radical (unpaired) electrons. The second-order valence-corrected chi connectivity index (χ2v) is 10.1. The SMILES string of the molecule is CCOC[PH](=O)C(CCC(=O)c1cccc(F)c1)P(=O)(OCC)OCC. The summed E-state index contributed by atoms with van der Waals surface area (Å²) in [7, 11) is -6.14. The maximum absolute atomic E-state index is 13.3. The maximum atomic E-state index is 13.3. The third-order valence-electron chi connectivity index (χ3n) is 3.61. The first-order valence-electron chi connectivity index (χ1n) is 8.65. The summed E-state index contributed by atoms with van der Waals surface area (Å²) in [5, 5.41) is -0.920. The minimum absolute atomic E-state index is 0.0409. The van der Waals surface area contributed by atoms with Gasteiger partial charge in [-0.25, -0.2) is 4.39 Å². The van der Waals surface area contributed by atoms with Gasteiger partial charge in [0.2, 0.25) is 0 Å². The van der Waals surface area contributed by atoms with E-state index in [4.69, 9.17) is 13.8 Å². The number of carbonyl (C=O) groups is 1. The molecule has 0 saturated carbocycles. The van der Waals surface area contributed by atoms with E-state index >= 15 is 0 Å². The van der Waals surface area contributed by atoms with E-state index < -0.39 is 26.6 Å². The van der Waals surface area contributed by atoms with Gasteiger partial charge >= 0.3 is 7.60 Å². The Bertz CT molecular complexity index is 642. The molecule has 1 aromatic rings. The van der Waals surface area contributed by atoms with Gasteiger partial charge in [-0.05, 0) is 39.3 Å². The fraction of sp³-hybridized carbons (Fsp3) is 0.588. The van der Waals surface area contributed by atoms with E-state index in [1.165, 1.54) is 18.2 Å². The number of halogens is 1. The van der Waals surface area contributed by atoms with Crippen LogP contribution >= 0.6 is 15.4 Å². The Kier molecular flexibility index (Phi) is 10.5. The van der Waals surface area contributed by atoms with Gasteiger partial charge in [-0.2, -0.15) is 0 Å². The van der Waals surface area contributed by atoms with Crippen molar-refractivity contribution in [3.8, 4) is 0 Å². The average molecular weight is 408 g/mol. The fourth-order valence-corrected chi connectivity index (χ4v) is 7.19. The zero-order chi connectivity index (χ0) is 19.6. The number of hydrogen-bond acceptors (Lipinski definition) is 6. The number of ether oxygens (including phenoxy) is 1. The van der Waals surface area contributed by atoms with Gasteiger partial charge in [0, 0.05) is 18.6 Å². The molecule has 0 heterocycles. The van der Waals surface area contributed by atoms with Gasteiger partial charge < -0.3 is 18.3 Å². The van der Waals surface area contributed by atoms with Crippen LogP contribution in [-0.2, 0) is 22.9 Å². The predicted molar refractivity (Wildman–Crippen MR) is 100 cm³/mol. The molecule has 0 aliphatic heterocycles. The Morgan fingerprint density at radius 3 is 2.38 bits per heavy atom. The van der Waals surface area contributed by atoms with E-state index in [9.17, 15) is 18.3 Å². The first-order valence-corrected chi connectivity index (χ1v) is 12.0. The molecule has 1 aromatic carbocycles. The Labute approximate surface area is 154 Å². The Morgan fingerprint density at radius 2 is 1.85 bits per heavy atom. The van der Waals surface area contributed by atoms with Crippen molar-refractivity contribution >= 4 is 21.2 Å². The van der Waals surface area contributed by atoms with E-state index in [0.717, 1.165) is 6.07 Å². The van der Waals surface area contributed by atoms with E-state index in [0.29, 0.717) is 6.61 Å². The van der Waals surface area contributed by atoms with Crippen LogP contribution in [-0.4, -0.2) is 37.4 Å². The molecular formula is C17H27FO6P2. The molecule has 0 N–H and O–H groups in total. The topological polar surface area (TPSA) is 78.9 Å². The third kappa shape index (κ3) is 7.05. The Balaban J connectivity index is 2.95. The summed E-state index contributed by atoms with van der Waals surface area (Å²) in [6.45, 7) is 5.74. The van der Waals surface area contributed by atoms with Crippen molar-refractivity contribution < 1.29 is 32.1 Å². The van der Waals surface area contributed by atoms with Gasteiger partial charge in [0.15, 0.2) is 5.78 Å². The van der Waals surface area contributed by atoms with Crippen molar-refractivity contribution in [2.24, 2.45) is 0 Å². The lowest BCUT2D eigenvalue weighted by molar-refractivity contribution is 0.0980. The summed E-state index contributed by atoms with van der Waals surface area (Å²) in [4.78, 5) is 12.3. The largest absolute Gasteiger partial charge is 0.374 e. The monoisotopic (exact) mass is 408 g/mol. The van der Waals surface area contributed by atoms with Crippen LogP contribution in [0.25, 0.3) is 0 Å². The van der Waals surface area contributed by atoms with Crippen LogP contribution in [0, 0.1) is 5.82 Å². The summed E-state index contributed by atoms with van der Waals surface area (Å²) in [5.41, 5.74) is 0.218. The normalized spacial score (nSPS) is 14.2. The molecule has 6 nitrogen and oxygen atoms in total. The smallest absolute Gasteiger partial charge is 0.340 e. The molecule has 0 aliphatic carbocycles. The molecule has 0 saturated heterocycles. The molecule has 0 bridgehead atoms. The average Bonchev–Trinajstić information content (AvgIpc) is 2.60. The number of ketones is 1. The predicted octanol–water partition coefficient (Wildman–Crippen LogP) is 4.93. The molecular weight excluding hydrogens is 381 g/mol. The van der Waals surface area contributed by atoms with E-state index in [-0.39, 0.29) is 43.8 Å². The van der Waals surface area contributed by atoms with Crippen molar-refractivity contribution in [1.29, 1.82) is 0 Å². The number of hydrogen-bond donors (Lipinski definition) is 0. The molecule has 0 aliphatic rings. The number of carbonyl (C=O) groups excluding carboxylic acids is 1. The lowest BCUT2D eigenvalue weighted by atomic mass is 10.1.